The van der Waals surface area contributed by atoms with Crippen LogP contribution >= 0.6 is 0 Å². The maximum Gasteiger partial charge on any atom is 0.272 e. The van der Waals surface area contributed by atoms with E-state index in [1.54, 1.807) is 41.7 Å². The number of nitrogens with zero attached hydrogens (tertiary/aromatic N) is 4. The van der Waals surface area contributed by atoms with Crippen LogP contribution in [0.5, 0.6) is 5.75 Å². The lowest BCUT2D eigenvalue weighted by Crippen LogP contribution is -2.46. The van der Waals surface area contributed by atoms with E-state index < -0.39 is 18.6 Å². The summed E-state index contributed by atoms with van der Waals surface area (Å²) in [6.07, 6.45) is 0.439. The van der Waals surface area contributed by atoms with Crippen molar-refractivity contribution in [3.63, 3.8) is 0 Å². The van der Waals surface area contributed by atoms with Gasteiger partial charge in [0, 0.05) is 12.6 Å². The second-order valence-corrected chi connectivity index (χ2v) is 7.85. The number of likely N-dealkylation sites (tertiary alicyclic amines) is 1. The number of carbonyl (C=O) groups is 1. The highest BCUT2D eigenvalue weighted by Crippen LogP contribution is 2.29. The van der Waals surface area contributed by atoms with Crippen LogP contribution in [0.15, 0.2) is 30.5 Å². The third-order valence-electron chi connectivity index (χ3n) is 5.06. The molecule has 0 saturated carbocycles. The summed E-state index contributed by atoms with van der Waals surface area (Å²) in [7, 11) is 0. The molecule has 0 unspecified atom stereocenters. The Bertz CT molecular complexity index is 850. The van der Waals surface area contributed by atoms with Gasteiger partial charge in [-0.05, 0) is 45.7 Å². The van der Waals surface area contributed by atoms with Gasteiger partial charge in [0.25, 0.3) is 12.3 Å². The number of aliphatic hydroxyl groups is 1. The molecule has 2 atom stereocenters. The number of para-hydroxylation sites is 1. The van der Waals surface area contributed by atoms with Crippen LogP contribution in [0.3, 0.4) is 0 Å². The Morgan fingerprint density at radius 1 is 1.34 bits per heavy atom. The first-order valence-electron chi connectivity index (χ1n) is 9.62. The van der Waals surface area contributed by atoms with Gasteiger partial charge in [0.05, 0.1) is 17.8 Å². The first-order valence-corrected chi connectivity index (χ1v) is 9.62. The first-order chi connectivity index (χ1) is 13.7. The Kier molecular flexibility index (Phi) is 6.16. The zero-order valence-corrected chi connectivity index (χ0v) is 16.8. The summed E-state index contributed by atoms with van der Waals surface area (Å²) >= 11 is 0. The first kappa shape index (κ1) is 21.2. The molecule has 3 rings (SSSR count). The van der Waals surface area contributed by atoms with Gasteiger partial charge < -0.3 is 14.7 Å². The van der Waals surface area contributed by atoms with E-state index in [2.05, 4.69) is 10.2 Å². The van der Waals surface area contributed by atoms with Crippen LogP contribution in [-0.4, -0.2) is 56.5 Å². The zero-order chi connectivity index (χ0) is 21.2. The smallest absolute Gasteiger partial charge is 0.272 e. The number of rotatable bonds is 6. The van der Waals surface area contributed by atoms with Gasteiger partial charge in [-0.25, -0.2) is 8.78 Å². The molecule has 1 saturated heterocycles. The molecule has 2 aromatic rings. The third kappa shape index (κ3) is 4.90. The number of hydrogen-bond acceptors (Lipinski definition) is 5. The van der Waals surface area contributed by atoms with Gasteiger partial charge in [-0.2, -0.15) is 15.0 Å². The third-order valence-corrected chi connectivity index (χ3v) is 5.06. The number of hydrogen-bond donors (Lipinski definition) is 1. The summed E-state index contributed by atoms with van der Waals surface area (Å²) in [4.78, 5) is 16.4. The molecule has 7 nitrogen and oxygen atoms in total. The zero-order valence-electron chi connectivity index (χ0n) is 16.8. The lowest BCUT2D eigenvalue weighted by Gasteiger charge is -2.37. The second-order valence-electron chi connectivity index (χ2n) is 7.85. The van der Waals surface area contributed by atoms with Crippen molar-refractivity contribution in [3.8, 4) is 5.75 Å². The fourth-order valence-electron chi connectivity index (χ4n) is 3.37. The Labute approximate surface area is 168 Å². The van der Waals surface area contributed by atoms with Gasteiger partial charge in [-0.15, -0.1) is 0 Å². The summed E-state index contributed by atoms with van der Waals surface area (Å²) in [5.74, 6) is -0.129. The molecule has 0 spiro atoms. The summed E-state index contributed by atoms with van der Waals surface area (Å²) in [5.41, 5.74) is -0.387. The largest absolute Gasteiger partial charge is 0.487 e. The van der Waals surface area contributed by atoms with Gasteiger partial charge in [-0.1, -0.05) is 12.1 Å². The molecule has 9 heteroatoms. The number of aromatic nitrogens is 3. The molecule has 1 amide bonds. The molecule has 158 valence electrons. The molecule has 1 aliphatic heterocycles. The average molecular weight is 408 g/mol. The predicted molar refractivity (Wildman–Crippen MR) is 102 cm³/mol. The Morgan fingerprint density at radius 3 is 2.72 bits per heavy atom. The molecule has 1 fully saturated rings. The van der Waals surface area contributed by atoms with Crippen molar-refractivity contribution in [2.24, 2.45) is 0 Å². The highest BCUT2D eigenvalue weighted by atomic mass is 19.3. The standard InChI is InChI=1S/C20H26F2N4O3/c1-13-8-9-14(26-23-10-17(24-26)20(2,3)28)11-25(13)19(27)15-6-4-5-7-16(15)29-12-18(21)22/h4-7,10,13-14,18,28H,8-9,11-12H2,1-3H3/t13-,14-/m1/s1. The maximum absolute atomic E-state index is 13.2. The fourth-order valence-corrected chi connectivity index (χ4v) is 3.37. The van der Waals surface area contributed by atoms with Crippen LogP contribution in [0.25, 0.3) is 0 Å². The summed E-state index contributed by atoms with van der Waals surface area (Å²) < 4.78 is 30.2. The molecule has 0 bridgehead atoms. The second kappa shape index (κ2) is 8.44. The average Bonchev–Trinajstić information content (AvgIpc) is 3.17. The van der Waals surface area contributed by atoms with E-state index in [1.807, 2.05) is 6.92 Å². The molecule has 0 radical (unpaired) electrons. The monoisotopic (exact) mass is 408 g/mol. The number of benzene rings is 1. The van der Waals surface area contributed by atoms with Gasteiger partial charge in [0.15, 0.2) is 0 Å². The predicted octanol–water partition coefficient (Wildman–Crippen LogP) is 3.02. The minimum atomic E-state index is -2.62. The van der Waals surface area contributed by atoms with E-state index in [0.717, 1.165) is 12.8 Å². The molecular formula is C20H26F2N4O3. The number of carbonyl (C=O) groups excluding carboxylic acids is 1. The molecule has 1 aromatic carbocycles. The highest BCUT2D eigenvalue weighted by Gasteiger charge is 2.33. The van der Waals surface area contributed by atoms with Crippen LogP contribution < -0.4 is 4.74 Å². The van der Waals surface area contributed by atoms with Crippen molar-refractivity contribution in [1.82, 2.24) is 19.9 Å². The van der Waals surface area contributed by atoms with Gasteiger partial charge in [0.2, 0.25) is 0 Å². The number of piperidine rings is 1. The van der Waals surface area contributed by atoms with Crippen molar-refractivity contribution in [1.29, 1.82) is 0 Å². The normalized spacial score (nSPS) is 20.2. The molecule has 1 aromatic heterocycles. The van der Waals surface area contributed by atoms with E-state index in [0.29, 0.717) is 12.2 Å². The minimum absolute atomic E-state index is 0.0220. The van der Waals surface area contributed by atoms with E-state index in [4.69, 9.17) is 4.74 Å². The molecule has 29 heavy (non-hydrogen) atoms. The van der Waals surface area contributed by atoms with Crippen molar-refractivity contribution < 1.29 is 23.4 Å². The van der Waals surface area contributed by atoms with E-state index in [1.165, 1.54) is 12.3 Å². The molecule has 1 N–H and O–H groups in total. The van der Waals surface area contributed by atoms with Crippen molar-refractivity contribution >= 4 is 5.91 Å². The number of amides is 1. The fraction of sp³-hybridized carbons (Fsp3) is 0.550. The van der Waals surface area contributed by atoms with Crippen molar-refractivity contribution in [2.45, 2.75) is 57.7 Å². The van der Waals surface area contributed by atoms with Crippen LogP contribution in [-0.2, 0) is 5.60 Å². The summed E-state index contributed by atoms with van der Waals surface area (Å²) in [6, 6.07) is 6.27. The Hall–Kier alpha value is -2.55. The van der Waals surface area contributed by atoms with Crippen LogP contribution in [0.1, 0.15) is 55.7 Å². The highest BCUT2D eigenvalue weighted by molar-refractivity contribution is 5.97. The van der Waals surface area contributed by atoms with E-state index in [9.17, 15) is 18.7 Å². The lowest BCUT2D eigenvalue weighted by atomic mass is 9.98. The van der Waals surface area contributed by atoms with Crippen LogP contribution in [0, 0.1) is 0 Å². The number of ether oxygens (including phenoxy) is 1. The van der Waals surface area contributed by atoms with Gasteiger partial charge in [0.1, 0.15) is 23.7 Å². The molecule has 2 heterocycles. The number of halogens is 2. The topological polar surface area (TPSA) is 80.5 Å². The summed E-state index contributed by atoms with van der Waals surface area (Å²) in [5, 5.41) is 18.7. The maximum atomic E-state index is 13.2. The molecular weight excluding hydrogens is 382 g/mol. The lowest BCUT2D eigenvalue weighted by molar-refractivity contribution is 0.0519. The molecule has 0 aliphatic carbocycles. The quantitative estimate of drug-likeness (QED) is 0.795. The minimum Gasteiger partial charge on any atom is -0.487 e. The van der Waals surface area contributed by atoms with Crippen molar-refractivity contribution in [2.75, 3.05) is 13.2 Å². The molecule has 1 aliphatic rings. The SMILES string of the molecule is C[C@@H]1CC[C@@H](n2ncc(C(C)(C)O)n2)CN1C(=O)c1ccccc1OCC(F)F. The van der Waals surface area contributed by atoms with E-state index in [-0.39, 0.29) is 29.3 Å². The Morgan fingerprint density at radius 2 is 2.07 bits per heavy atom. The van der Waals surface area contributed by atoms with Crippen molar-refractivity contribution in [3.05, 3.63) is 41.7 Å². The van der Waals surface area contributed by atoms with Gasteiger partial charge >= 0.3 is 0 Å². The number of alkyl halides is 2. The van der Waals surface area contributed by atoms with Crippen LogP contribution in [0.4, 0.5) is 8.78 Å². The Balaban J connectivity index is 1.79. The van der Waals surface area contributed by atoms with E-state index >= 15 is 0 Å². The van der Waals surface area contributed by atoms with Crippen LogP contribution in [0.2, 0.25) is 0 Å². The van der Waals surface area contributed by atoms with Gasteiger partial charge in [-0.3, -0.25) is 4.79 Å². The summed E-state index contributed by atoms with van der Waals surface area (Å²) in [6.45, 7) is 4.84.